The number of thiophene rings is 1. The molecule has 0 unspecified atom stereocenters. The summed E-state index contributed by atoms with van der Waals surface area (Å²) in [4.78, 5) is 42.7. The first-order valence-electron chi connectivity index (χ1n) is 12.0. The molecule has 2 aliphatic rings. The highest BCUT2D eigenvalue weighted by Gasteiger charge is 2.22. The number of hydrogen-bond donors (Lipinski definition) is 4. The molecule has 1 amide bonds. The Morgan fingerprint density at radius 1 is 1.25 bits per heavy atom. The van der Waals surface area contributed by atoms with Crippen LogP contribution in [0.5, 0.6) is 5.88 Å². The molecule has 4 aromatic rings. The van der Waals surface area contributed by atoms with Crippen molar-refractivity contribution in [1.29, 1.82) is 0 Å². The van der Waals surface area contributed by atoms with Crippen LogP contribution in [0.4, 0.5) is 0 Å². The van der Waals surface area contributed by atoms with Crippen molar-refractivity contribution in [3.63, 3.8) is 0 Å². The van der Waals surface area contributed by atoms with Gasteiger partial charge in [0.1, 0.15) is 5.69 Å². The van der Waals surface area contributed by atoms with E-state index in [9.17, 15) is 14.7 Å². The van der Waals surface area contributed by atoms with Gasteiger partial charge in [0.15, 0.2) is 11.1 Å². The molecule has 1 saturated carbocycles. The fraction of sp³-hybridized carbons (Fsp3) is 0.375. The van der Waals surface area contributed by atoms with Crippen LogP contribution in [-0.2, 0) is 0 Å². The SMILES string of the molecule is CN1CCC(NC(=O)c2ccc(-c3cc(=NC4CC4)n4nc/c(=C\c5[nH]c(=O)[nH]c5O)c4n3)s2)CC1. The maximum Gasteiger partial charge on any atom is 0.326 e. The zero-order valence-corrected chi connectivity index (χ0v) is 20.5. The summed E-state index contributed by atoms with van der Waals surface area (Å²) in [7, 11) is 2.10. The van der Waals surface area contributed by atoms with E-state index in [0.29, 0.717) is 26.9 Å². The second kappa shape index (κ2) is 9.03. The minimum atomic E-state index is -0.502. The molecule has 2 fully saturated rings. The van der Waals surface area contributed by atoms with E-state index in [0.717, 1.165) is 43.6 Å². The van der Waals surface area contributed by atoms with Crippen LogP contribution in [0.15, 0.2) is 34.2 Å². The lowest BCUT2D eigenvalue weighted by Crippen LogP contribution is -2.43. The summed E-state index contributed by atoms with van der Waals surface area (Å²) in [5.41, 5.74) is 1.64. The highest BCUT2D eigenvalue weighted by Crippen LogP contribution is 2.27. The van der Waals surface area contributed by atoms with E-state index >= 15 is 0 Å². The maximum absolute atomic E-state index is 12.9. The number of imidazole rings is 1. The molecular formula is C24H26N8O3S. The first kappa shape index (κ1) is 22.7. The van der Waals surface area contributed by atoms with Crippen LogP contribution in [0.25, 0.3) is 22.3 Å². The van der Waals surface area contributed by atoms with Crippen molar-refractivity contribution >= 4 is 29.0 Å². The third kappa shape index (κ3) is 4.56. The molecule has 0 bridgehead atoms. The molecule has 5 heterocycles. The van der Waals surface area contributed by atoms with Gasteiger partial charge in [-0.15, -0.1) is 11.3 Å². The number of H-pyrrole nitrogens is 2. The fourth-order valence-electron chi connectivity index (χ4n) is 4.33. The van der Waals surface area contributed by atoms with Crippen LogP contribution in [0, 0.1) is 0 Å². The predicted octanol–water partition coefficient (Wildman–Crippen LogP) is 0.615. The summed E-state index contributed by atoms with van der Waals surface area (Å²) in [5.74, 6) is -0.313. The van der Waals surface area contributed by atoms with Crippen LogP contribution in [0.3, 0.4) is 0 Å². The number of likely N-dealkylation sites (tertiary alicyclic amines) is 1. The molecule has 1 aliphatic heterocycles. The Hall–Kier alpha value is -3.77. The Morgan fingerprint density at radius 3 is 2.78 bits per heavy atom. The third-order valence-corrected chi connectivity index (χ3v) is 7.62. The molecule has 186 valence electrons. The molecule has 0 aromatic carbocycles. The van der Waals surface area contributed by atoms with Gasteiger partial charge in [0.25, 0.3) is 5.91 Å². The van der Waals surface area contributed by atoms with Gasteiger partial charge in [-0.1, -0.05) is 0 Å². The zero-order valence-electron chi connectivity index (χ0n) is 19.7. The van der Waals surface area contributed by atoms with E-state index in [4.69, 9.17) is 9.98 Å². The summed E-state index contributed by atoms with van der Waals surface area (Å²) in [6.45, 7) is 1.97. The predicted molar refractivity (Wildman–Crippen MR) is 135 cm³/mol. The monoisotopic (exact) mass is 506 g/mol. The molecule has 4 aromatic heterocycles. The molecular weight excluding hydrogens is 480 g/mol. The van der Waals surface area contributed by atoms with Gasteiger partial charge in [-0.2, -0.15) is 9.61 Å². The summed E-state index contributed by atoms with van der Waals surface area (Å²) >= 11 is 1.39. The van der Waals surface area contributed by atoms with Crippen molar-refractivity contribution in [2.75, 3.05) is 20.1 Å². The number of aromatic hydroxyl groups is 1. The van der Waals surface area contributed by atoms with E-state index in [-0.39, 0.29) is 29.6 Å². The van der Waals surface area contributed by atoms with E-state index in [1.807, 2.05) is 18.2 Å². The van der Waals surface area contributed by atoms with Gasteiger partial charge >= 0.3 is 5.69 Å². The Bertz CT molecular complexity index is 1620. The average Bonchev–Trinajstić information content (AvgIpc) is 3.24. The number of hydrogen-bond acceptors (Lipinski definition) is 8. The zero-order chi connectivity index (χ0) is 24.8. The quantitative estimate of drug-likeness (QED) is 0.312. The number of carbonyl (C=O) groups excluding carboxylic acids is 1. The summed E-state index contributed by atoms with van der Waals surface area (Å²) < 4.78 is 1.66. The topological polar surface area (TPSA) is 144 Å². The van der Waals surface area contributed by atoms with Crippen LogP contribution in [0.1, 0.15) is 41.0 Å². The number of fused-ring (bicyclic) bond motifs is 1. The van der Waals surface area contributed by atoms with Gasteiger partial charge < -0.3 is 20.3 Å². The molecule has 12 heteroatoms. The number of nitrogens with zero attached hydrogens (tertiary/aromatic N) is 5. The van der Waals surface area contributed by atoms with Gasteiger partial charge in [0, 0.05) is 17.3 Å². The second-order valence-electron chi connectivity index (χ2n) is 9.40. The lowest BCUT2D eigenvalue weighted by molar-refractivity contribution is 0.0921. The summed E-state index contributed by atoms with van der Waals surface area (Å²) in [6.07, 6.45) is 7.22. The van der Waals surface area contributed by atoms with Crippen LogP contribution >= 0.6 is 11.3 Å². The van der Waals surface area contributed by atoms with Gasteiger partial charge in [0.2, 0.25) is 5.88 Å². The Labute approximate surface area is 209 Å². The second-order valence-corrected chi connectivity index (χ2v) is 10.5. The first-order valence-corrected chi connectivity index (χ1v) is 12.8. The highest BCUT2D eigenvalue weighted by atomic mass is 32.1. The number of nitrogens with one attached hydrogen (secondary N) is 3. The van der Waals surface area contributed by atoms with Crippen molar-refractivity contribution < 1.29 is 9.90 Å². The van der Waals surface area contributed by atoms with Crippen LogP contribution in [-0.4, -0.2) is 72.7 Å². The molecule has 11 nitrogen and oxygen atoms in total. The lowest BCUT2D eigenvalue weighted by Gasteiger charge is -2.29. The highest BCUT2D eigenvalue weighted by molar-refractivity contribution is 7.17. The average molecular weight is 507 g/mol. The van der Waals surface area contributed by atoms with E-state index in [1.165, 1.54) is 11.3 Å². The van der Waals surface area contributed by atoms with Crippen molar-refractivity contribution in [3.05, 3.63) is 56.2 Å². The van der Waals surface area contributed by atoms with Gasteiger partial charge in [0.05, 0.1) is 27.7 Å². The number of amides is 1. The molecule has 0 atom stereocenters. The summed E-state index contributed by atoms with van der Waals surface area (Å²) in [6, 6.07) is 6.09. The molecule has 36 heavy (non-hydrogen) atoms. The van der Waals surface area contributed by atoms with Gasteiger partial charge in [-0.25, -0.2) is 9.78 Å². The fourth-order valence-corrected chi connectivity index (χ4v) is 5.20. The van der Waals surface area contributed by atoms with Crippen LogP contribution in [0.2, 0.25) is 0 Å². The molecule has 1 saturated heterocycles. The van der Waals surface area contributed by atoms with E-state index in [2.05, 4.69) is 32.3 Å². The number of aromatic amines is 2. The molecule has 6 rings (SSSR count). The lowest BCUT2D eigenvalue weighted by atomic mass is 10.1. The standard InChI is InChI=1S/C24H26N8O3S/c1-31-8-6-15(7-9-31)27-23(34)19-5-4-18(36-19)16-11-20(26-14-2-3-14)32-21(28-16)13(12-25-32)10-17-22(33)30-24(35)29-17/h4-5,10-12,14-15,33H,2-3,6-9H2,1H3,(H,27,34)(H2,29,30,35)/b13-10+,26-20?. The van der Waals surface area contributed by atoms with Crippen LogP contribution < -0.4 is 21.7 Å². The number of aromatic nitrogens is 5. The molecule has 0 radical (unpaired) electrons. The van der Waals surface area contributed by atoms with Crippen molar-refractivity contribution in [2.45, 2.75) is 37.8 Å². The van der Waals surface area contributed by atoms with Crippen molar-refractivity contribution in [1.82, 2.24) is 34.8 Å². The smallest absolute Gasteiger partial charge is 0.326 e. The third-order valence-electron chi connectivity index (χ3n) is 6.51. The number of carbonyl (C=O) groups is 1. The number of piperidine rings is 1. The minimum absolute atomic E-state index is 0.0602. The maximum atomic E-state index is 12.9. The first-order chi connectivity index (χ1) is 17.4. The Balaban J connectivity index is 1.37. The number of rotatable bonds is 5. The largest absolute Gasteiger partial charge is 0.493 e. The minimum Gasteiger partial charge on any atom is -0.493 e. The van der Waals surface area contributed by atoms with E-state index in [1.54, 1.807) is 16.8 Å². The van der Waals surface area contributed by atoms with Crippen molar-refractivity contribution in [2.24, 2.45) is 4.99 Å². The normalized spacial score (nSPS) is 18.4. The molecule has 4 N–H and O–H groups in total. The van der Waals surface area contributed by atoms with E-state index < -0.39 is 5.69 Å². The van der Waals surface area contributed by atoms with Crippen molar-refractivity contribution in [3.8, 4) is 16.5 Å². The van der Waals surface area contributed by atoms with Gasteiger partial charge in [-0.3, -0.25) is 14.8 Å². The molecule has 0 spiro atoms. The summed E-state index contributed by atoms with van der Waals surface area (Å²) in [5, 5.41) is 18.2. The Morgan fingerprint density at radius 2 is 2.06 bits per heavy atom. The molecule has 1 aliphatic carbocycles. The Kier molecular flexibility index (Phi) is 5.69. The van der Waals surface area contributed by atoms with Gasteiger partial charge in [-0.05, 0) is 64.0 Å².